The van der Waals surface area contributed by atoms with E-state index < -0.39 is 11.6 Å². The van der Waals surface area contributed by atoms with Crippen LogP contribution in [0, 0.1) is 18.3 Å². The molecule has 1 heterocycles. The van der Waals surface area contributed by atoms with E-state index >= 15 is 0 Å². The third-order valence-corrected chi connectivity index (χ3v) is 7.59. The summed E-state index contributed by atoms with van der Waals surface area (Å²) in [4.78, 5) is 39.7. The van der Waals surface area contributed by atoms with E-state index in [1.807, 2.05) is 25.1 Å². The van der Waals surface area contributed by atoms with Crippen LogP contribution in [0.25, 0.3) is 0 Å². The average molecular weight is 428 g/mol. The summed E-state index contributed by atoms with van der Waals surface area (Å²) in [5, 5.41) is 5.87. The summed E-state index contributed by atoms with van der Waals surface area (Å²) >= 11 is 0. The van der Waals surface area contributed by atoms with Crippen LogP contribution in [0.15, 0.2) is 18.2 Å². The second kappa shape index (κ2) is 8.64. The number of carbonyl (C=O) groups excluding carboxylic acids is 3. The fourth-order valence-corrected chi connectivity index (χ4v) is 5.00. The van der Waals surface area contributed by atoms with Crippen molar-refractivity contribution in [1.29, 1.82) is 0 Å². The molecule has 0 bridgehead atoms. The molecule has 1 aliphatic heterocycles. The van der Waals surface area contributed by atoms with Crippen molar-refractivity contribution in [3.63, 3.8) is 0 Å². The highest BCUT2D eigenvalue weighted by Gasteiger charge is 2.53. The molecule has 2 aliphatic rings. The van der Waals surface area contributed by atoms with E-state index in [-0.39, 0.29) is 29.7 Å². The number of hydrogen-bond donors (Lipinski definition) is 2. The van der Waals surface area contributed by atoms with Crippen molar-refractivity contribution in [2.75, 3.05) is 11.9 Å². The van der Waals surface area contributed by atoms with Crippen LogP contribution < -0.4 is 10.6 Å². The monoisotopic (exact) mass is 427 g/mol. The molecular weight excluding hydrogens is 390 g/mol. The molecule has 2 N–H and O–H groups in total. The lowest BCUT2D eigenvalue weighted by Gasteiger charge is -2.42. The Morgan fingerprint density at radius 3 is 2.48 bits per heavy atom. The number of nitrogens with one attached hydrogen (secondary N) is 2. The Labute approximate surface area is 186 Å². The van der Waals surface area contributed by atoms with Gasteiger partial charge in [0, 0.05) is 5.69 Å². The van der Waals surface area contributed by atoms with Crippen LogP contribution >= 0.6 is 0 Å². The molecule has 1 saturated carbocycles. The summed E-state index contributed by atoms with van der Waals surface area (Å²) in [6.45, 7) is 12.6. The van der Waals surface area contributed by atoms with Gasteiger partial charge in [-0.05, 0) is 61.0 Å². The third kappa shape index (κ3) is 4.48. The maximum Gasteiger partial charge on any atom is 0.325 e. The van der Waals surface area contributed by atoms with Gasteiger partial charge in [-0.2, -0.15) is 0 Å². The molecule has 1 aliphatic carbocycles. The molecule has 6 nitrogen and oxygen atoms in total. The Kier molecular flexibility index (Phi) is 6.49. The quantitative estimate of drug-likeness (QED) is 0.629. The molecule has 6 heteroatoms. The maximum atomic E-state index is 13.2. The number of aryl methyl sites for hydroxylation is 1. The average Bonchev–Trinajstić information content (AvgIpc) is 2.93. The van der Waals surface area contributed by atoms with Crippen molar-refractivity contribution in [3.05, 3.63) is 29.3 Å². The highest BCUT2D eigenvalue weighted by Crippen LogP contribution is 2.45. The summed E-state index contributed by atoms with van der Waals surface area (Å²) in [7, 11) is 0. The molecule has 31 heavy (non-hydrogen) atoms. The van der Waals surface area contributed by atoms with Crippen molar-refractivity contribution in [2.45, 2.75) is 85.1 Å². The van der Waals surface area contributed by atoms with Crippen LogP contribution in [-0.2, 0) is 9.59 Å². The Bertz CT molecular complexity index is 867. The first-order valence-corrected chi connectivity index (χ1v) is 11.5. The van der Waals surface area contributed by atoms with Crippen LogP contribution in [0.4, 0.5) is 10.5 Å². The number of carbonyl (C=O) groups is 3. The van der Waals surface area contributed by atoms with E-state index in [9.17, 15) is 14.4 Å². The summed E-state index contributed by atoms with van der Waals surface area (Å²) in [5.74, 6) is 0.185. The van der Waals surface area contributed by atoms with E-state index in [4.69, 9.17) is 0 Å². The molecule has 0 unspecified atom stereocenters. The van der Waals surface area contributed by atoms with Gasteiger partial charge in [0.1, 0.15) is 12.1 Å². The smallest absolute Gasteiger partial charge is 0.324 e. The first-order chi connectivity index (χ1) is 14.5. The molecular formula is C25H37N3O3. The van der Waals surface area contributed by atoms with Gasteiger partial charge in [-0.3, -0.25) is 14.5 Å². The molecule has 170 valence electrons. The van der Waals surface area contributed by atoms with E-state index in [1.54, 1.807) is 0 Å². The van der Waals surface area contributed by atoms with Crippen molar-refractivity contribution >= 4 is 23.5 Å². The standard InChI is InChI=1S/C25H37N3O3/c1-7-24(5,6)18-11-13-25(14-12-18)22(30)28(23(31)27-25)15-20(29)26-21-17(4)9-8-10-19(21)16(2)3/h8-10,16,18H,7,11-15H2,1-6H3,(H,26,29)(H,27,31). The van der Waals surface area contributed by atoms with Gasteiger partial charge in [0.2, 0.25) is 5.91 Å². The highest BCUT2D eigenvalue weighted by atomic mass is 16.2. The lowest BCUT2D eigenvalue weighted by molar-refractivity contribution is -0.135. The summed E-state index contributed by atoms with van der Waals surface area (Å²) < 4.78 is 0. The van der Waals surface area contributed by atoms with Gasteiger partial charge >= 0.3 is 6.03 Å². The second-order valence-electron chi connectivity index (χ2n) is 10.3. The molecule has 1 saturated heterocycles. The molecule has 1 aromatic rings. The third-order valence-electron chi connectivity index (χ3n) is 7.59. The van der Waals surface area contributed by atoms with Gasteiger partial charge in [0.25, 0.3) is 5.91 Å². The molecule has 1 aromatic carbocycles. The lowest BCUT2D eigenvalue weighted by atomic mass is 9.65. The van der Waals surface area contributed by atoms with Crippen molar-refractivity contribution in [1.82, 2.24) is 10.2 Å². The zero-order chi connectivity index (χ0) is 23.0. The normalized spacial score (nSPS) is 24.1. The van der Waals surface area contributed by atoms with Gasteiger partial charge < -0.3 is 10.6 Å². The number of nitrogens with zero attached hydrogens (tertiary/aromatic N) is 1. The minimum Gasteiger partial charge on any atom is -0.324 e. The van der Waals surface area contributed by atoms with E-state index in [2.05, 4.69) is 45.3 Å². The number of hydrogen-bond acceptors (Lipinski definition) is 3. The molecule has 3 rings (SSSR count). The Morgan fingerprint density at radius 2 is 1.90 bits per heavy atom. The fraction of sp³-hybridized carbons (Fsp3) is 0.640. The fourth-order valence-electron chi connectivity index (χ4n) is 5.00. The Hall–Kier alpha value is -2.37. The number of anilines is 1. The van der Waals surface area contributed by atoms with Crippen LogP contribution in [0.2, 0.25) is 0 Å². The summed E-state index contributed by atoms with van der Waals surface area (Å²) in [6, 6.07) is 5.45. The molecule has 4 amide bonds. The predicted octanol–water partition coefficient (Wildman–Crippen LogP) is 4.97. The van der Waals surface area contributed by atoms with Gasteiger partial charge in [-0.1, -0.05) is 59.2 Å². The SMILES string of the molecule is CCC(C)(C)C1CCC2(CC1)NC(=O)N(CC(=O)Nc1c(C)cccc1C(C)C)C2=O. The molecule has 0 radical (unpaired) electrons. The largest absolute Gasteiger partial charge is 0.325 e. The van der Waals surface area contributed by atoms with Crippen LogP contribution in [0.1, 0.15) is 83.8 Å². The van der Waals surface area contributed by atoms with Gasteiger partial charge in [-0.25, -0.2) is 4.79 Å². The zero-order valence-electron chi connectivity index (χ0n) is 19.8. The van der Waals surface area contributed by atoms with Crippen LogP contribution in [0.3, 0.4) is 0 Å². The van der Waals surface area contributed by atoms with E-state index in [0.29, 0.717) is 18.8 Å². The van der Waals surface area contributed by atoms with Crippen LogP contribution in [0.5, 0.6) is 0 Å². The summed E-state index contributed by atoms with van der Waals surface area (Å²) in [6.07, 6.45) is 4.19. The first kappa shape index (κ1) is 23.3. The van der Waals surface area contributed by atoms with Gasteiger partial charge in [0.15, 0.2) is 0 Å². The second-order valence-corrected chi connectivity index (χ2v) is 10.3. The van der Waals surface area contributed by atoms with Crippen LogP contribution in [-0.4, -0.2) is 34.8 Å². The van der Waals surface area contributed by atoms with Crippen molar-refractivity contribution in [3.8, 4) is 0 Å². The minimum absolute atomic E-state index is 0.231. The number of amides is 4. The molecule has 0 aromatic heterocycles. The number of imide groups is 1. The molecule has 2 fully saturated rings. The van der Waals surface area contributed by atoms with E-state index in [0.717, 1.165) is 41.0 Å². The first-order valence-electron chi connectivity index (χ1n) is 11.5. The van der Waals surface area contributed by atoms with Gasteiger partial charge in [0.05, 0.1) is 0 Å². The Morgan fingerprint density at radius 1 is 1.26 bits per heavy atom. The number of benzene rings is 1. The zero-order valence-corrected chi connectivity index (χ0v) is 19.8. The predicted molar refractivity (Wildman–Crippen MR) is 123 cm³/mol. The number of rotatable bonds is 6. The Balaban J connectivity index is 1.68. The minimum atomic E-state index is -0.844. The van der Waals surface area contributed by atoms with Gasteiger partial charge in [-0.15, -0.1) is 0 Å². The molecule has 1 spiro atoms. The highest BCUT2D eigenvalue weighted by molar-refractivity contribution is 6.10. The summed E-state index contributed by atoms with van der Waals surface area (Å²) in [5.41, 5.74) is 2.16. The lowest BCUT2D eigenvalue weighted by Crippen LogP contribution is -2.51. The van der Waals surface area contributed by atoms with Crippen molar-refractivity contribution in [2.24, 2.45) is 11.3 Å². The van der Waals surface area contributed by atoms with E-state index in [1.165, 1.54) is 0 Å². The maximum absolute atomic E-state index is 13.2. The van der Waals surface area contributed by atoms with Crippen molar-refractivity contribution < 1.29 is 14.4 Å². The molecule has 0 atom stereocenters. The topological polar surface area (TPSA) is 78.5 Å². The number of urea groups is 1. The number of para-hydroxylation sites is 1.